The Morgan fingerprint density at radius 1 is 1.07 bits per heavy atom. The Morgan fingerprint density at radius 2 is 1.86 bits per heavy atom. The van der Waals surface area contributed by atoms with Crippen LogP contribution in [0.4, 0.5) is 0 Å². The SMILES string of the molecule is O=C(C=Cc1cn(-c2ccccc2)nc1-c1cccc(Br)c1)N1CCOCC1. The Morgan fingerprint density at radius 3 is 2.61 bits per heavy atom. The van der Waals surface area contributed by atoms with Crippen LogP contribution in [0.2, 0.25) is 0 Å². The molecule has 1 amide bonds. The average molecular weight is 438 g/mol. The lowest BCUT2D eigenvalue weighted by Crippen LogP contribution is -2.39. The summed E-state index contributed by atoms with van der Waals surface area (Å²) in [6.07, 6.45) is 5.42. The molecular weight excluding hydrogens is 418 g/mol. The molecule has 6 heteroatoms. The average Bonchev–Trinajstić information content (AvgIpc) is 3.18. The first-order valence-electron chi connectivity index (χ1n) is 9.16. The van der Waals surface area contributed by atoms with E-state index in [4.69, 9.17) is 9.84 Å². The van der Waals surface area contributed by atoms with Crippen molar-refractivity contribution in [3.8, 4) is 16.9 Å². The summed E-state index contributed by atoms with van der Waals surface area (Å²) in [4.78, 5) is 14.3. The molecule has 0 saturated carbocycles. The molecule has 0 spiro atoms. The zero-order valence-corrected chi connectivity index (χ0v) is 16.9. The van der Waals surface area contributed by atoms with E-state index in [1.54, 1.807) is 11.0 Å². The second kappa shape index (κ2) is 8.54. The van der Waals surface area contributed by atoms with Gasteiger partial charge in [0.05, 0.1) is 24.6 Å². The van der Waals surface area contributed by atoms with E-state index in [-0.39, 0.29) is 5.91 Å². The zero-order valence-electron chi connectivity index (χ0n) is 15.3. The number of para-hydroxylation sites is 1. The highest BCUT2D eigenvalue weighted by Gasteiger charge is 2.15. The molecule has 2 heterocycles. The number of rotatable bonds is 4. The van der Waals surface area contributed by atoms with Gasteiger partial charge in [-0.1, -0.05) is 46.3 Å². The van der Waals surface area contributed by atoms with Crippen LogP contribution in [0.3, 0.4) is 0 Å². The Hall–Kier alpha value is -2.70. The molecule has 4 rings (SSSR count). The summed E-state index contributed by atoms with van der Waals surface area (Å²) < 4.78 is 8.14. The van der Waals surface area contributed by atoms with Gasteiger partial charge in [0.15, 0.2) is 0 Å². The van der Waals surface area contributed by atoms with Gasteiger partial charge in [0, 0.05) is 41.0 Å². The van der Waals surface area contributed by atoms with E-state index in [0.717, 1.165) is 27.0 Å². The number of hydrogen-bond donors (Lipinski definition) is 0. The van der Waals surface area contributed by atoms with Crippen LogP contribution in [-0.4, -0.2) is 46.9 Å². The van der Waals surface area contributed by atoms with Crippen molar-refractivity contribution in [3.05, 3.63) is 76.9 Å². The molecule has 1 saturated heterocycles. The van der Waals surface area contributed by atoms with Crippen molar-refractivity contribution in [1.82, 2.24) is 14.7 Å². The van der Waals surface area contributed by atoms with E-state index in [1.807, 2.05) is 71.6 Å². The van der Waals surface area contributed by atoms with E-state index in [1.165, 1.54) is 0 Å². The predicted octanol–water partition coefficient (Wildman–Crippen LogP) is 4.17. The van der Waals surface area contributed by atoms with Crippen LogP contribution < -0.4 is 0 Å². The molecule has 3 aromatic rings. The lowest BCUT2D eigenvalue weighted by Gasteiger charge is -2.25. The number of ether oxygens (including phenoxy) is 1. The first-order valence-corrected chi connectivity index (χ1v) is 9.96. The smallest absolute Gasteiger partial charge is 0.246 e. The third-order valence-electron chi connectivity index (χ3n) is 4.59. The van der Waals surface area contributed by atoms with Gasteiger partial charge in [0.25, 0.3) is 0 Å². The van der Waals surface area contributed by atoms with E-state index in [9.17, 15) is 4.79 Å². The van der Waals surface area contributed by atoms with Gasteiger partial charge in [0.2, 0.25) is 5.91 Å². The van der Waals surface area contributed by atoms with E-state index in [0.29, 0.717) is 26.3 Å². The maximum atomic E-state index is 12.5. The van der Waals surface area contributed by atoms with Gasteiger partial charge in [-0.3, -0.25) is 4.79 Å². The summed E-state index contributed by atoms with van der Waals surface area (Å²) in [6.45, 7) is 2.44. The molecule has 0 N–H and O–H groups in total. The summed E-state index contributed by atoms with van der Waals surface area (Å²) in [7, 11) is 0. The van der Waals surface area contributed by atoms with E-state index < -0.39 is 0 Å². The summed E-state index contributed by atoms with van der Waals surface area (Å²) in [5, 5.41) is 4.78. The quantitative estimate of drug-likeness (QED) is 0.575. The van der Waals surface area contributed by atoms with Gasteiger partial charge < -0.3 is 9.64 Å². The third kappa shape index (κ3) is 4.24. The number of nitrogens with zero attached hydrogens (tertiary/aromatic N) is 3. The van der Waals surface area contributed by atoms with Crippen molar-refractivity contribution in [2.45, 2.75) is 0 Å². The number of amides is 1. The van der Waals surface area contributed by atoms with Crippen molar-refractivity contribution < 1.29 is 9.53 Å². The highest BCUT2D eigenvalue weighted by molar-refractivity contribution is 9.10. The van der Waals surface area contributed by atoms with E-state index in [2.05, 4.69) is 15.9 Å². The number of hydrogen-bond acceptors (Lipinski definition) is 3. The minimum atomic E-state index is -0.00375. The fourth-order valence-electron chi connectivity index (χ4n) is 3.13. The number of aromatic nitrogens is 2. The second-order valence-corrected chi connectivity index (χ2v) is 7.41. The Kier molecular flexibility index (Phi) is 5.69. The zero-order chi connectivity index (χ0) is 19.3. The fraction of sp³-hybridized carbons (Fsp3) is 0.182. The standard InChI is InChI=1S/C22H20BrN3O2/c23-19-6-4-5-17(15-19)22-18(9-10-21(27)25-11-13-28-14-12-25)16-26(24-22)20-7-2-1-3-8-20/h1-10,15-16H,11-14H2. The van der Waals surface area contributed by atoms with Crippen LogP contribution in [0.25, 0.3) is 23.0 Å². The van der Waals surface area contributed by atoms with E-state index >= 15 is 0 Å². The number of halogens is 1. The van der Waals surface area contributed by atoms with Crippen LogP contribution >= 0.6 is 15.9 Å². The van der Waals surface area contributed by atoms with Gasteiger partial charge in [-0.05, 0) is 30.3 Å². The molecular formula is C22H20BrN3O2. The Balaban J connectivity index is 1.69. The van der Waals surface area contributed by atoms with Crippen LogP contribution in [0, 0.1) is 0 Å². The van der Waals surface area contributed by atoms with Gasteiger partial charge in [0.1, 0.15) is 0 Å². The highest BCUT2D eigenvalue weighted by atomic mass is 79.9. The van der Waals surface area contributed by atoms with Crippen molar-refractivity contribution in [3.63, 3.8) is 0 Å². The Bertz CT molecular complexity index is 992. The molecule has 1 aromatic heterocycles. The molecule has 28 heavy (non-hydrogen) atoms. The molecule has 0 unspecified atom stereocenters. The van der Waals surface area contributed by atoms with Gasteiger partial charge in [-0.25, -0.2) is 4.68 Å². The number of carbonyl (C=O) groups is 1. The lowest BCUT2D eigenvalue weighted by atomic mass is 10.1. The monoisotopic (exact) mass is 437 g/mol. The lowest BCUT2D eigenvalue weighted by molar-refractivity contribution is -0.129. The molecule has 142 valence electrons. The van der Waals surface area contributed by atoms with Gasteiger partial charge >= 0.3 is 0 Å². The number of morpholine rings is 1. The largest absolute Gasteiger partial charge is 0.378 e. The minimum absolute atomic E-state index is 0.00375. The maximum absolute atomic E-state index is 12.5. The number of carbonyl (C=O) groups excluding carboxylic acids is 1. The van der Waals surface area contributed by atoms with Crippen molar-refractivity contribution in [2.75, 3.05) is 26.3 Å². The molecule has 0 aliphatic carbocycles. The normalized spacial score (nSPS) is 14.5. The molecule has 1 aliphatic rings. The first kappa shape index (κ1) is 18.7. The Labute approximate surface area is 172 Å². The molecule has 0 bridgehead atoms. The van der Waals surface area contributed by atoms with Gasteiger partial charge in [-0.2, -0.15) is 5.10 Å². The minimum Gasteiger partial charge on any atom is -0.378 e. The second-order valence-electron chi connectivity index (χ2n) is 6.49. The molecule has 1 aliphatic heterocycles. The van der Waals surface area contributed by atoms with Crippen molar-refractivity contribution >= 4 is 27.9 Å². The summed E-state index contributed by atoms with van der Waals surface area (Å²) in [5.41, 5.74) is 3.68. The molecule has 0 atom stereocenters. The summed E-state index contributed by atoms with van der Waals surface area (Å²) >= 11 is 3.52. The first-order chi connectivity index (χ1) is 13.7. The van der Waals surface area contributed by atoms with Crippen LogP contribution in [0.15, 0.2) is 71.3 Å². The fourth-order valence-corrected chi connectivity index (χ4v) is 3.53. The van der Waals surface area contributed by atoms with Crippen LogP contribution in [0.1, 0.15) is 5.56 Å². The molecule has 0 radical (unpaired) electrons. The predicted molar refractivity (Wildman–Crippen MR) is 113 cm³/mol. The van der Waals surface area contributed by atoms with Crippen LogP contribution in [-0.2, 0) is 9.53 Å². The van der Waals surface area contributed by atoms with Gasteiger partial charge in [-0.15, -0.1) is 0 Å². The molecule has 1 fully saturated rings. The summed E-state index contributed by atoms with van der Waals surface area (Å²) in [5.74, 6) is -0.00375. The molecule has 5 nitrogen and oxygen atoms in total. The van der Waals surface area contributed by atoms with Crippen molar-refractivity contribution in [1.29, 1.82) is 0 Å². The molecule has 2 aromatic carbocycles. The topological polar surface area (TPSA) is 47.4 Å². The highest BCUT2D eigenvalue weighted by Crippen LogP contribution is 2.27. The van der Waals surface area contributed by atoms with Crippen LogP contribution in [0.5, 0.6) is 0 Å². The summed E-state index contributed by atoms with van der Waals surface area (Å²) in [6, 6.07) is 17.9. The third-order valence-corrected chi connectivity index (χ3v) is 5.08. The van der Waals surface area contributed by atoms with Crippen molar-refractivity contribution in [2.24, 2.45) is 0 Å². The number of benzene rings is 2. The maximum Gasteiger partial charge on any atom is 0.246 e.